The van der Waals surface area contributed by atoms with Crippen molar-refractivity contribution in [3.63, 3.8) is 0 Å². The van der Waals surface area contributed by atoms with Crippen LogP contribution in [0.2, 0.25) is 0 Å². The molecular formula is C18H16F3NO3. The fourth-order valence-electron chi connectivity index (χ4n) is 2.32. The van der Waals surface area contributed by atoms with Gasteiger partial charge in [-0.25, -0.2) is 0 Å². The third kappa shape index (κ3) is 4.11. The van der Waals surface area contributed by atoms with E-state index in [2.05, 4.69) is 0 Å². The quantitative estimate of drug-likeness (QED) is 0.771. The molecule has 0 N–H and O–H groups in total. The number of nitrogens with zero attached hydrogens (tertiary/aromatic N) is 1. The fourth-order valence-corrected chi connectivity index (χ4v) is 2.32. The Bertz CT molecular complexity index is 758. The summed E-state index contributed by atoms with van der Waals surface area (Å²) in [6.45, 7) is 0.492. The topological polar surface area (TPSA) is 42.1 Å². The number of ether oxygens (including phenoxy) is 2. The van der Waals surface area contributed by atoms with Gasteiger partial charge < -0.3 is 14.4 Å². The molecule has 7 heteroatoms. The average Bonchev–Trinajstić information content (AvgIpc) is 3.42. The van der Waals surface area contributed by atoms with E-state index in [0.29, 0.717) is 12.3 Å². The molecule has 0 spiro atoms. The van der Waals surface area contributed by atoms with Crippen LogP contribution < -0.4 is 9.64 Å². The van der Waals surface area contributed by atoms with Crippen LogP contribution in [0.1, 0.15) is 15.9 Å². The molecule has 1 fully saturated rings. The van der Waals surface area contributed by atoms with Gasteiger partial charge in [0.05, 0.1) is 12.2 Å². The first-order valence-corrected chi connectivity index (χ1v) is 7.65. The first-order valence-electron chi connectivity index (χ1n) is 7.65. The highest BCUT2D eigenvalue weighted by atomic mass is 19.4. The highest BCUT2D eigenvalue weighted by molar-refractivity contribution is 6.06. The lowest BCUT2D eigenvalue weighted by Gasteiger charge is -2.19. The van der Waals surface area contributed by atoms with Crippen molar-refractivity contribution in [1.29, 1.82) is 0 Å². The lowest BCUT2D eigenvalue weighted by molar-refractivity contribution is -0.139. The van der Waals surface area contributed by atoms with Crippen molar-refractivity contribution in [3.8, 4) is 5.75 Å². The van der Waals surface area contributed by atoms with Crippen molar-refractivity contribution in [3.05, 3.63) is 59.7 Å². The summed E-state index contributed by atoms with van der Waals surface area (Å²) in [4.78, 5) is 13.9. The van der Waals surface area contributed by atoms with E-state index in [0.717, 1.165) is 18.2 Å². The fraction of sp³-hybridized carbons (Fsp3) is 0.278. The molecule has 1 heterocycles. The van der Waals surface area contributed by atoms with Crippen LogP contribution in [0.3, 0.4) is 0 Å². The standard InChI is InChI=1S/C18H16F3NO3/c1-22(13-5-3-2-4-6-13)17(23)12-7-8-15(18(19,20)21)16(9-12)25-11-14-10-24-14/h2-9,14H,10-11H2,1H3. The minimum atomic E-state index is -4.56. The van der Waals surface area contributed by atoms with Gasteiger partial charge in [0.15, 0.2) is 0 Å². The maximum Gasteiger partial charge on any atom is 0.419 e. The predicted molar refractivity (Wildman–Crippen MR) is 85.9 cm³/mol. The Kier molecular flexibility index (Phi) is 4.67. The maximum absolute atomic E-state index is 13.1. The summed E-state index contributed by atoms with van der Waals surface area (Å²) in [7, 11) is 1.56. The second-order valence-corrected chi connectivity index (χ2v) is 5.67. The first-order chi connectivity index (χ1) is 11.9. The summed E-state index contributed by atoms with van der Waals surface area (Å²) in [5.74, 6) is -0.789. The van der Waals surface area contributed by atoms with Gasteiger partial charge in [0.1, 0.15) is 18.5 Å². The summed E-state index contributed by atoms with van der Waals surface area (Å²) in [6, 6.07) is 12.0. The molecule has 1 amide bonds. The zero-order valence-corrected chi connectivity index (χ0v) is 13.4. The Morgan fingerprint density at radius 3 is 2.52 bits per heavy atom. The van der Waals surface area contributed by atoms with E-state index >= 15 is 0 Å². The summed E-state index contributed by atoms with van der Waals surface area (Å²) >= 11 is 0. The smallest absolute Gasteiger partial charge is 0.419 e. The molecular weight excluding hydrogens is 335 g/mol. The van der Waals surface area contributed by atoms with Gasteiger partial charge in [-0.1, -0.05) is 18.2 Å². The van der Waals surface area contributed by atoms with Crippen LogP contribution in [0.5, 0.6) is 5.75 Å². The van der Waals surface area contributed by atoms with Crippen LogP contribution in [-0.4, -0.2) is 32.3 Å². The molecule has 0 saturated carbocycles. The van der Waals surface area contributed by atoms with Crippen LogP contribution in [0.15, 0.2) is 48.5 Å². The number of hydrogen-bond donors (Lipinski definition) is 0. The molecule has 1 aliphatic heterocycles. The molecule has 0 bridgehead atoms. The van der Waals surface area contributed by atoms with E-state index < -0.39 is 17.6 Å². The van der Waals surface area contributed by atoms with Gasteiger partial charge >= 0.3 is 6.18 Å². The molecule has 1 atom stereocenters. The van der Waals surface area contributed by atoms with E-state index in [1.807, 2.05) is 6.07 Å². The van der Waals surface area contributed by atoms with Gasteiger partial charge in [-0.15, -0.1) is 0 Å². The Morgan fingerprint density at radius 1 is 1.24 bits per heavy atom. The summed E-state index contributed by atoms with van der Waals surface area (Å²) in [6.07, 6.45) is -4.75. The Hall–Kier alpha value is -2.54. The number of alkyl halides is 3. The monoisotopic (exact) mass is 351 g/mol. The highest BCUT2D eigenvalue weighted by Crippen LogP contribution is 2.37. The van der Waals surface area contributed by atoms with Crippen LogP contribution in [0.4, 0.5) is 18.9 Å². The molecule has 1 unspecified atom stereocenters. The molecule has 0 aromatic heterocycles. The van der Waals surface area contributed by atoms with Gasteiger partial charge in [-0.05, 0) is 30.3 Å². The number of amides is 1. The van der Waals surface area contributed by atoms with Gasteiger partial charge in [0.2, 0.25) is 0 Å². The number of rotatable bonds is 5. The van der Waals surface area contributed by atoms with E-state index in [4.69, 9.17) is 9.47 Å². The van der Waals surface area contributed by atoms with Gasteiger partial charge in [-0.3, -0.25) is 4.79 Å². The molecule has 0 radical (unpaired) electrons. The number of carbonyl (C=O) groups is 1. The number of hydrogen-bond acceptors (Lipinski definition) is 3. The van der Waals surface area contributed by atoms with Crippen molar-refractivity contribution in [1.82, 2.24) is 0 Å². The molecule has 3 rings (SSSR count). The van der Waals surface area contributed by atoms with Crippen LogP contribution >= 0.6 is 0 Å². The number of halogens is 3. The SMILES string of the molecule is CN(C(=O)c1ccc(C(F)(F)F)c(OCC2CO2)c1)c1ccccc1. The zero-order chi connectivity index (χ0) is 18.0. The second kappa shape index (κ2) is 6.76. The molecule has 2 aromatic rings. The molecule has 25 heavy (non-hydrogen) atoms. The normalized spacial score (nSPS) is 16.4. The second-order valence-electron chi connectivity index (χ2n) is 5.67. The Balaban J connectivity index is 1.87. The molecule has 4 nitrogen and oxygen atoms in total. The molecule has 132 valence electrons. The number of epoxide rings is 1. The maximum atomic E-state index is 13.1. The molecule has 0 aliphatic carbocycles. The number of carbonyl (C=O) groups excluding carboxylic acids is 1. The van der Waals surface area contributed by atoms with E-state index in [9.17, 15) is 18.0 Å². The van der Waals surface area contributed by atoms with Crippen LogP contribution in [0.25, 0.3) is 0 Å². The summed E-state index contributed by atoms with van der Waals surface area (Å²) in [5.41, 5.74) is -0.153. The Morgan fingerprint density at radius 2 is 1.92 bits per heavy atom. The van der Waals surface area contributed by atoms with Gasteiger partial charge in [-0.2, -0.15) is 13.2 Å². The van der Waals surface area contributed by atoms with Crippen molar-refractivity contribution < 1.29 is 27.4 Å². The van der Waals surface area contributed by atoms with E-state index in [-0.39, 0.29) is 24.0 Å². The third-order valence-corrected chi connectivity index (χ3v) is 3.81. The lowest BCUT2D eigenvalue weighted by Crippen LogP contribution is -2.26. The minimum absolute atomic E-state index is 0.0231. The number of benzene rings is 2. The molecule has 2 aromatic carbocycles. The number of para-hydroxylation sites is 1. The van der Waals surface area contributed by atoms with Crippen molar-refractivity contribution in [2.45, 2.75) is 12.3 Å². The average molecular weight is 351 g/mol. The summed E-state index contributed by atoms with van der Waals surface area (Å²) in [5, 5.41) is 0. The largest absolute Gasteiger partial charge is 0.490 e. The van der Waals surface area contributed by atoms with Gasteiger partial charge in [0.25, 0.3) is 5.91 Å². The highest BCUT2D eigenvalue weighted by Gasteiger charge is 2.35. The molecule has 1 saturated heterocycles. The van der Waals surface area contributed by atoms with Crippen molar-refractivity contribution in [2.24, 2.45) is 0 Å². The van der Waals surface area contributed by atoms with E-state index in [1.165, 1.54) is 4.90 Å². The van der Waals surface area contributed by atoms with Crippen molar-refractivity contribution >= 4 is 11.6 Å². The number of anilines is 1. The van der Waals surface area contributed by atoms with Crippen molar-refractivity contribution in [2.75, 3.05) is 25.2 Å². The van der Waals surface area contributed by atoms with Crippen LogP contribution in [-0.2, 0) is 10.9 Å². The summed E-state index contributed by atoms with van der Waals surface area (Å²) < 4.78 is 49.6. The molecule has 1 aliphatic rings. The van der Waals surface area contributed by atoms with Gasteiger partial charge in [0, 0.05) is 18.3 Å². The minimum Gasteiger partial charge on any atom is -0.490 e. The van der Waals surface area contributed by atoms with E-state index in [1.54, 1.807) is 31.3 Å². The van der Waals surface area contributed by atoms with Crippen LogP contribution in [0, 0.1) is 0 Å². The predicted octanol–water partition coefficient (Wildman–Crippen LogP) is 3.76. The zero-order valence-electron chi connectivity index (χ0n) is 13.4. The Labute approximate surface area is 142 Å². The third-order valence-electron chi connectivity index (χ3n) is 3.81. The lowest BCUT2D eigenvalue weighted by atomic mass is 10.1. The first kappa shape index (κ1) is 17.3.